The summed E-state index contributed by atoms with van der Waals surface area (Å²) < 4.78 is 0. The van der Waals surface area contributed by atoms with Crippen LogP contribution >= 0.6 is 11.6 Å². The average Bonchev–Trinajstić information content (AvgIpc) is 2.87. The van der Waals surface area contributed by atoms with E-state index in [9.17, 15) is 14.7 Å². The molecule has 0 unspecified atom stereocenters. The number of hydrogen-bond acceptors (Lipinski definition) is 5. The number of nitrogens with zero attached hydrogens (tertiary/aromatic N) is 3. The van der Waals surface area contributed by atoms with E-state index in [1.165, 1.54) is 0 Å². The van der Waals surface area contributed by atoms with Crippen molar-refractivity contribution in [2.45, 2.75) is 26.7 Å². The molecule has 0 saturated carbocycles. The predicted molar refractivity (Wildman–Crippen MR) is 143 cm³/mol. The Bertz CT molecular complexity index is 1400. The molecular weight excluding hydrogens is 476 g/mol. The van der Waals surface area contributed by atoms with Gasteiger partial charge < -0.3 is 15.3 Å². The number of fused-ring (bicyclic) bond motifs is 1. The highest BCUT2D eigenvalue weighted by molar-refractivity contribution is 6.30. The lowest BCUT2D eigenvalue weighted by atomic mass is 10.1. The number of benzene rings is 3. The number of halogens is 1. The standard InChI is InChI=1S/C28H27ClN4O3/c1-3-33(4-2)27-23(17-25(34)35)26(29)31-24(32-27)15-18-9-13-22(14-10-18)30-28(36)21-12-11-19-7-5-6-8-20(19)16-21/h5-14,16H,3-4,15,17H2,1-2H3,(H,30,36)(H,34,35). The van der Waals surface area contributed by atoms with Crippen molar-refractivity contribution < 1.29 is 14.7 Å². The molecule has 0 saturated heterocycles. The number of anilines is 2. The molecule has 0 spiro atoms. The summed E-state index contributed by atoms with van der Waals surface area (Å²) in [5.74, 6) is -0.106. The number of carboxylic acid groups (broad SMARTS) is 1. The molecule has 1 aromatic heterocycles. The second kappa shape index (κ2) is 11.2. The number of carboxylic acids is 1. The predicted octanol–water partition coefficient (Wildman–Crippen LogP) is 5.60. The quantitative estimate of drug-likeness (QED) is 0.289. The number of nitrogens with one attached hydrogen (secondary N) is 1. The van der Waals surface area contributed by atoms with Crippen molar-refractivity contribution in [3.63, 3.8) is 0 Å². The molecule has 0 aliphatic carbocycles. The van der Waals surface area contributed by atoms with Gasteiger partial charge in [-0.05, 0) is 54.4 Å². The number of aliphatic carboxylic acids is 1. The lowest BCUT2D eigenvalue weighted by Crippen LogP contribution is -2.26. The second-order valence-corrected chi connectivity index (χ2v) is 8.72. The first-order valence-electron chi connectivity index (χ1n) is 11.8. The largest absolute Gasteiger partial charge is 0.481 e. The van der Waals surface area contributed by atoms with Crippen LogP contribution in [0.1, 0.15) is 41.2 Å². The first-order chi connectivity index (χ1) is 17.4. The van der Waals surface area contributed by atoms with Crippen LogP contribution in [0.5, 0.6) is 0 Å². The van der Waals surface area contributed by atoms with Crippen molar-refractivity contribution in [3.05, 3.63) is 94.4 Å². The summed E-state index contributed by atoms with van der Waals surface area (Å²) in [6.45, 7) is 5.30. The summed E-state index contributed by atoms with van der Waals surface area (Å²) in [4.78, 5) is 35.1. The molecule has 0 aliphatic rings. The summed E-state index contributed by atoms with van der Waals surface area (Å²) in [5, 5.41) is 14.5. The third-order valence-corrected chi connectivity index (χ3v) is 6.27. The molecule has 184 valence electrons. The first kappa shape index (κ1) is 25.1. The van der Waals surface area contributed by atoms with Gasteiger partial charge in [0.15, 0.2) is 0 Å². The maximum Gasteiger partial charge on any atom is 0.308 e. The summed E-state index contributed by atoms with van der Waals surface area (Å²) >= 11 is 6.39. The van der Waals surface area contributed by atoms with E-state index < -0.39 is 5.97 Å². The Labute approximate surface area is 214 Å². The van der Waals surface area contributed by atoms with E-state index in [1.807, 2.05) is 85.5 Å². The Kier molecular flexibility index (Phi) is 7.80. The lowest BCUT2D eigenvalue weighted by Gasteiger charge is -2.23. The fourth-order valence-electron chi connectivity index (χ4n) is 4.08. The van der Waals surface area contributed by atoms with Crippen molar-refractivity contribution in [3.8, 4) is 0 Å². The van der Waals surface area contributed by atoms with Crippen LogP contribution in [-0.2, 0) is 17.6 Å². The smallest absolute Gasteiger partial charge is 0.308 e. The van der Waals surface area contributed by atoms with Gasteiger partial charge in [0.1, 0.15) is 16.8 Å². The van der Waals surface area contributed by atoms with E-state index in [2.05, 4.69) is 15.3 Å². The van der Waals surface area contributed by atoms with Gasteiger partial charge in [0.2, 0.25) is 0 Å². The average molecular weight is 503 g/mol. The van der Waals surface area contributed by atoms with Crippen molar-refractivity contribution in [1.82, 2.24) is 9.97 Å². The van der Waals surface area contributed by atoms with Gasteiger partial charge in [0.05, 0.1) is 6.42 Å². The Hall–Kier alpha value is -3.97. The van der Waals surface area contributed by atoms with Crippen LogP contribution in [0.25, 0.3) is 10.8 Å². The summed E-state index contributed by atoms with van der Waals surface area (Å²) in [7, 11) is 0. The van der Waals surface area contributed by atoms with Gasteiger partial charge in [0, 0.05) is 36.3 Å². The second-order valence-electron chi connectivity index (χ2n) is 8.37. The normalized spacial score (nSPS) is 10.9. The van der Waals surface area contributed by atoms with Crippen molar-refractivity contribution >= 4 is 45.8 Å². The van der Waals surface area contributed by atoms with Gasteiger partial charge in [-0.25, -0.2) is 9.97 Å². The van der Waals surface area contributed by atoms with E-state index in [0.29, 0.717) is 48.0 Å². The van der Waals surface area contributed by atoms with Crippen LogP contribution in [0.4, 0.5) is 11.5 Å². The maximum atomic E-state index is 12.7. The molecule has 8 heteroatoms. The molecule has 4 aromatic rings. The Balaban J connectivity index is 1.50. The molecule has 2 N–H and O–H groups in total. The zero-order valence-corrected chi connectivity index (χ0v) is 20.9. The van der Waals surface area contributed by atoms with E-state index in [1.54, 1.807) is 0 Å². The van der Waals surface area contributed by atoms with Crippen LogP contribution in [0.3, 0.4) is 0 Å². The third kappa shape index (κ3) is 5.80. The number of rotatable bonds is 9. The maximum absolute atomic E-state index is 12.7. The van der Waals surface area contributed by atoms with Crippen molar-refractivity contribution in [2.24, 2.45) is 0 Å². The Morgan fingerprint density at radius 3 is 2.31 bits per heavy atom. The number of aromatic nitrogens is 2. The molecule has 0 radical (unpaired) electrons. The molecule has 1 heterocycles. The zero-order chi connectivity index (χ0) is 25.7. The van der Waals surface area contributed by atoms with Gasteiger partial charge >= 0.3 is 5.97 Å². The monoisotopic (exact) mass is 502 g/mol. The highest BCUT2D eigenvalue weighted by Crippen LogP contribution is 2.26. The molecule has 0 bridgehead atoms. The van der Waals surface area contributed by atoms with E-state index in [4.69, 9.17) is 11.6 Å². The van der Waals surface area contributed by atoms with Gasteiger partial charge in [-0.15, -0.1) is 0 Å². The molecule has 3 aromatic carbocycles. The molecule has 0 fully saturated rings. The molecule has 7 nitrogen and oxygen atoms in total. The number of hydrogen-bond donors (Lipinski definition) is 2. The summed E-state index contributed by atoms with van der Waals surface area (Å²) in [6, 6.07) is 21.0. The summed E-state index contributed by atoms with van der Waals surface area (Å²) in [5.41, 5.74) is 2.62. The minimum absolute atomic E-state index is 0.156. The lowest BCUT2D eigenvalue weighted by molar-refractivity contribution is -0.136. The van der Waals surface area contributed by atoms with Crippen molar-refractivity contribution in [1.29, 1.82) is 0 Å². The van der Waals surface area contributed by atoms with Crippen LogP contribution in [-0.4, -0.2) is 40.0 Å². The molecule has 0 aliphatic heterocycles. The minimum atomic E-state index is -0.983. The highest BCUT2D eigenvalue weighted by atomic mass is 35.5. The molecule has 1 amide bonds. The van der Waals surface area contributed by atoms with Crippen LogP contribution in [0.2, 0.25) is 5.15 Å². The van der Waals surface area contributed by atoms with Crippen molar-refractivity contribution in [2.75, 3.05) is 23.3 Å². The summed E-state index contributed by atoms with van der Waals surface area (Å²) in [6.07, 6.45) is 0.177. The van der Waals surface area contributed by atoms with E-state index in [0.717, 1.165) is 16.3 Å². The molecule has 0 atom stereocenters. The SMILES string of the molecule is CCN(CC)c1nc(Cc2ccc(NC(=O)c3ccc4ccccc4c3)cc2)nc(Cl)c1CC(=O)O. The van der Waals surface area contributed by atoms with Crippen LogP contribution in [0.15, 0.2) is 66.7 Å². The van der Waals surface area contributed by atoms with Gasteiger partial charge in [0.25, 0.3) is 5.91 Å². The van der Waals surface area contributed by atoms with E-state index >= 15 is 0 Å². The number of carbonyl (C=O) groups is 2. The first-order valence-corrected chi connectivity index (χ1v) is 12.2. The topological polar surface area (TPSA) is 95.4 Å². The fraction of sp³-hybridized carbons (Fsp3) is 0.214. The zero-order valence-electron chi connectivity index (χ0n) is 20.2. The van der Waals surface area contributed by atoms with Gasteiger partial charge in [-0.1, -0.05) is 54.1 Å². The van der Waals surface area contributed by atoms with Gasteiger partial charge in [-0.2, -0.15) is 0 Å². The fourth-order valence-corrected chi connectivity index (χ4v) is 4.33. The number of carbonyl (C=O) groups excluding carboxylic acids is 1. The molecule has 36 heavy (non-hydrogen) atoms. The minimum Gasteiger partial charge on any atom is -0.481 e. The highest BCUT2D eigenvalue weighted by Gasteiger charge is 2.19. The van der Waals surface area contributed by atoms with Gasteiger partial charge in [-0.3, -0.25) is 9.59 Å². The number of amides is 1. The Morgan fingerprint density at radius 2 is 1.64 bits per heavy atom. The van der Waals surface area contributed by atoms with Crippen LogP contribution in [0, 0.1) is 0 Å². The molecule has 4 rings (SSSR count). The molecular formula is C28H27ClN4O3. The van der Waals surface area contributed by atoms with E-state index in [-0.39, 0.29) is 17.5 Å². The Morgan fingerprint density at radius 1 is 0.944 bits per heavy atom. The van der Waals surface area contributed by atoms with Crippen LogP contribution < -0.4 is 10.2 Å². The third-order valence-electron chi connectivity index (χ3n) is 5.96.